The molecule has 0 bridgehead atoms. The van der Waals surface area contributed by atoms with Crippen molar-refractivity contribution < 1.29 is 9.53 Å². The van der Waals surface area contributed by atoms with Crippen LogP contribution in [-0.2, 0) is 9.53 Å². The van der Waals surface area contributed by atoms with Crippen molar-refractivity contribution in [1.82, 2.24) is 4.57 Å². The molecule has 0 fully saturated rings. The lowest BCUT2D eigenvalue weighted by molar-refractivity contribution is -0.138. The van der Waals surface area contributed by atoms with Gasteiger partial charge >= 0.3 is 5.97 Å². The van der Waals surface area contributed by atoms with Gasteiger partial charge in [-0.3, -0.25) is 9.36 Å². The fourth-order valence-corrected chi connectivity index (χ4v) is 5.36. The molecule has 5 rings (SSSR count). The maximum Gasteiger partial charge on any atom is 0.338 e. The second-order valence-corrected chi connectivity index (χ2v) is 9.92. The zero-order chi connectivity index (χ0) is 25.2. The Morgan fingerprint density at radius 2 is 1.64 bits per heavy atom. The Balaban J connectivity index is 1.82. The predicted octanol–water partition coefficient (Wildman–Crippen LogP) is 5.24. The van der Waals surface area contributed by atoms with E-state index in [9.17, 15) is 9.59 Å². The Morgan fingerprint density at radius 3 is 2.28 bits per heavy atom. The summed E-state index contributed by atoms with van der Waals surface area (Å²) in [6, 6.07) is 23.0. The minimum absolute atomic E-state index is 0.193. The van der Waals surface area contributed by atoms with Crippen LogP contribution in [0.15, 0.2) is 94.2 Å². The zero-order valence-corrected chi connectivity index (χ0v) is 21.5. The third kappa shape index (κ3) is 4.67. The second-order valence-electron chi connectivity index (χ2n) is 8.03. The van der Waals surface area contributed by atoms with E-state index >= 15 is 0 Å². The van der Waals surface area contributed by atoms with Gasteiger partial charge in [-0.2, -0.15) is 0 Å². The van der Waals surface area contributed by atoms with Crippen molar-refractivity contribution >= 4 is 52.3 Å². The van der Waals surface area contributed by atoms with Gasteiger partial charge in [0.05, 0.1) is 28.5 Å². The molecule has 180 valence electrons. The molecule has 1 aliphatic rings. The van der Waals surface area contributed by atoms with Crippen molar-refractivity contribution in [3.8, 4) is 0 Å². The summed E-state index contributed by atoms with van der Waals surface area (Å²) >= 11 is 13.5. The molecule has 0 aliphatic carbocycles. The molecule has 0 amide bonds. The molecule has 0 radical (unpaired) electrons. The molecule has 0 saturated carbocycles. The van der Waals surface area contributed by atoms with Crippen LogP contribution in [-0.4, -0.2) is 17.1 Å². The van der Waals surface area contributed by atoms with Crippen LogP contribution in [0, 0.1) is 0 Å². The monoisotopic (exact) mass is 534 g/mol. The molecule has 2 heterocycles. The number of hydrogen-bond donors (Lipinski definition) is 0. The average Bonchev–Trinajstić information content (AvgIpc) is 3.20. The van der Waals surface area contributed by atoms with Crippen LogP contribution in [0.4, 0.5) is 0 Å². The Hall–Kier alpha value is -3.45. The van der Waals surface area contributed by atoms with Gasteiger partial charge in [-0.05, 0) is 48.4 Å². The van der Waals surface area contributed by atoms with E-state index in [-0.39, 0.29) is 12.2 Å². The summed E-state index contributed by atoms with van der Waals surface area (Å²) < 4.78 is 7.52. The number of thiazole rings is 1. The molecule has 3 aromatic carbocycles. The van der Waals surface area contributed by atoms with Gasteiger partial charge in [0.1, 0.15) is 0 Å². The lowest BCUT2D eigenvalue weighted by atomic mass is 9.93. The third-order valence-electron chi connectivity index (χ3n) is 5.73. The van der Waals surface area contributed by atoms with Gasteiger partial charge in [0.2, 0.25) is 0 Å². The first-order chi connectivity index (χ1) is 17.5. The number of carbonyl (C=O) groups excluding carboxylic acids is 1. The summed E-state index contributed by atoms with van der Waals surface area (Å²) in [6.07, 6.45) is 1.80. The number of aromatic nitrogens is 1. The average molecular weight is 535 g/mol. The molecular weight excluding hydrogens is 515 g/mol. The van der Waals surface area contributed by atoms with Crippen LogP contribution in [0.25, 0.3) is 11.8 Å². The SMILES string of the molecule is CCOC(=O)C1=C(c2ccccc2)N=c2sc(=Cc3ccc(Cl)cc3)c(=O)n2C1c1ccc(Cl)cc1. The summed E-state index contributed by atoms with van der Waals surface area (Å²) in [4.78, 5) is 32.5. The number of nitrogens with zero attached hydrogens (tertiary/aromatic N) is 2. The highest BCUT2D eigenvalue weighted by Gasteiger charge is 2.35. The van der Waals surface area contributed by atoms with Crippen molar-refractivity contribution in [2.75, 3.05) is 6.61 Å². The Morgan fingerprint density at radius 1 is 1.00 bits per heavy atom. The number of fused-ring (bicyclic) bond motifs is 1. The van der Waals surface area contributed by atoms with E-state index in [0.29, 0.717) is 30.6 Å². The smallest absolute Gasteiger partial charge is 0.338 e. The lowest BCUT2D eigenvalue weighted by Gasteiger charge is -2.25. The van der Waals surface area contributed by atoms with E-state index in [2.05, 4.69) is 0 Å². The molecule has 8 heteroatoms. The summed E-state index contributed by atoms with van der Waals surface area (Å²) in [7, 11) is 0. The van der Waals surface area contributed by atoms with Crippen LogP contribution >= 0.6 is 34.5 Å². The molecule has 5 nitrogen and oxygen atoms in total. The van der Waals surface area contributed by atoms with Gasteiger partial charge in [-0.25, -0.2) is 9.79 Å². The molecule has 36 heavy (non-hydrogen) atoms. The molecule has 0 saturated heterocycles. The zero-order valence-electron chi connectivity index (χ0n) is 19.2. The van der Waals surface area contributed by atoms with E-state index < -0.39 is 12.0 Å². The Bertz CT molecular complexity index is 1640. The number of hydrogen-bond acceptors (Lipinski definition) is 5. The van der Waals surface area contributed by atoms with E-state index in [4.69, 9.17) is 32.9 Å². The highest BCUT2D eigenvalue weighted by atomic mass is 35.5. The van der Waals surface area contributed by atoms with Crippen LogP contribution < -0.4 is 14.9 Å². The van der Waals surface area contributed by atoms with Gasteiger partial charge in [-0.15, -0.1) is 0 Å². The molecule has 1 aromatic heterocycles. The summed E-state index contributed by atoms with van der Waals surface area (Å²) in [5.74, 6) is -0.521. The first-order valence-electron chi connectivity index (χ1n) is 11.3. The Labute approximate surface area is 221 Å². The minimum Gasteiger partial charge on any atom is -0.463 e. The molecule has 1 atom stereocenters. The third-order valence-corrected chi connectivity index (χ3v) is 7.21. The van der Waals surface area contributed by atoms with E-state index in [1.54, 1.807) is 41.8 Å². The second kappa shape index (κ2) is 10.3. The van der Waals surface area contributed by atoms with Gasteiger partial charge in [-0.1, -0.05) is 89.1 Å². The van der Waals surface area contributed by atoms with Crippen molar-refractivity contribution in [1.29, 1.82) is 0 Å². The van der Waals surface area contributed by atoms with Gasteiger partial charge < -0.3 is 4.74 Å². The fraction of sp³-hybridized carbons (Fsp3) is 0.107. The largest absolute Gasteiger partial charge is 0.463 e. The van der Waals surface area contributed by atoms with Crippen molar-refractivity contribution in [2.45, 2.75) is 13.0 Å². The lowest BCUT2D eigenvalue weighted by Crippen LogP contribution is -2.40. The minimum atomic E-state index is -0.736. The number of rotatable bonds is 5. The van der Waals surface area contributed by atoms with E-state index in [1.807, 2.05) is 54.6 Å². The van der Waals surface area contributed by atoms with Crippen molar-refractivity contribution in [3.05, 3.63) is 131 Å². The van der Waals surface area contributed by atoms with Crippen LogP contribution in [0.3, 0.4) is 0 Å². The first kappa shape index (κ1) is 24.3. The van der Waals surface area contributed by atoms with Gasteiger partial charge in [0, 0.05) is 15.6 Å². The molecule has 1 unspecified atom stereocenters. The first-order valence-corrected chi connectivity index (χ1v) is 12.8. The van der Waals surface area contributed by atoms with Crippen molar-refractivity contribution in [3.63, 3.8) is 0 Å². The maximum absolute atomic E-state index is 13.8. The molecular formula is C28H20Cl2N2O3S. The number of ether oxygens (including phenoxy) is 1. The van der Waals surface area contributed by atoms with Gasteiger partial charge in [0.15, 0.2) is 4.80 Å². The van der Waals surface area contributed by atoms with Crippen molar-refractivity contribution in [2.24, 2.45) is 4.99 Å². The van der Waals surface area contributed by atoms with Crippen LogP contribution in [0.1, 0.15) is 29.7 Å². The molecule has 4 aromatic rings. The Kier molecular flexibility index (Phi) is 6.92. The number of esters is 1. The topological polar surface area (TPSA) is 60.7 Å². The normalized spacial score (nSPS) is 15.4. The number of halogens is 2. The fourth-order valence-electron chi connectivity index (χ4n) is 4.11. The van der Waals surface area contributed by atoms with Crippen LogP contribution in [0.5, 0.6) is 0 Å². The maximum atomic E-state index is 13.8. The molecule has 1 aliphatic heterocycles. The van der Waals surface area contributed by atoms with E-state index in [0.717, 1.165) is 16.7 Å². The van der Waals surface area contributed by atoms with E-state index in [1.165, 1.54) is 11.3 Å². The highest BCUT2D eigenvalue weighted by molar-refractivity contribution is 7.07. The summed E-state index contributed by atoms with van der Waals surface area (Å²) in [5.41, 5.74) is 2.85. The standard InChI is InChI=1S/C28H20Cl2N2O3S/c1-2-35-27(34)23-24(18-6-4-3-5-7-18)31-28-32(25(23)19-10-14-21(30)15-11-19)26(33)22(36-28)16-17-8-12-20(29)13-9-17/h3-16,25H,2H2,1H3. The summed E-state index contributed by atoms with van der Waals surface area (Å²) in [5, 5.41) is 1.17. The quantitative estimate of drug-likeness (QED) is 0.329. The van der Waals surface area contributed by atoms with Gasteiger partial charge in [0.25, 0.3) is 5.56 Å². The molecule has 0 N–H and O–H groups in total. The number of carbonyl (C=O) groups is 1. The number of benzene rings is 3. The van der Waals surface area contributed by atoms with Crippen LogP contribution in [0.2, 0.25) is 10.0 Å². The molecule has 0 spiro atoms. The predicted molar refractivity (Wildman–Crippen MR) is 144 cm³/mol. The highest BCUT2D eigenvalue weighted by Crippen LogP contribution is 2.35. The summed E-state index contributed by atoms with van der Waals surface area (Å²) in [6.45, 7) is 1.94.